The number of hydrogen-bond donors (Lipinski definition) is 1. The van der Waals surface area contributed by atoms with E-state index in [2.05, 4.69) is 4.98 Å². The van der Waals surface area contributed by atoms with Crippen molar-refractivity contribution in [2.24, 2.45) is 0 Å². The summed E-state index contributed by atoms with van der Waals surface area (Å²) in [5.41, 5.74) is 1.05. The third-order valence-electron chi connectivity index (χ3n) is 3.14. The Hall–Kier alpha value is -1.78. The molecular weight excluding hydrogens is 302 g/mol. The van der Waals surface area contributed by atoms with Gasteiger partial charge in [-0.1, -0.05) is 11.6 Å². The highest BCUT2D eigenvalue weighted by molar-refractivity contribution is 6.31. The van der Waals surface area contributed by atoms with Crippen molar-refractivity contribution >= 4 is 11.6 Å². The van der Waals surface area contributed by atoms with Crippen molar-refractivity contribution in [3.05, 3.63) is 41.7 Å². The summed E-state index contributed by atoms with van der Waals surface area (Å²) in [4.78, 5) is 4.14. The molecule has 2 rings (SSSR count). The number of aromatic nitrogens is 1. The summed E-state index contributed by atoms with van der Waals surface area (Å²) in [6.07, 6.45) is 3.93. The van der Waals surface area contributed by atoms with Crippen LogP contribution in [0.25, 0.3) is 11.1 Å². The fourth-order valence-corrected chi connectivity index (χ4v) is 2.14. The maximum atomic E-state index is 9.71. The van der Waals surface area contributed by atoms with Crippen LogP contribution in [0.5, 0.6) is 11.5 Å². The molecule has 0 saturated heterocycles. The number of pyridine rings is 1. The summed E-state index contributed by atoms with van der Waals surface area (Å²) in [7, 11) is 1.60. The van der Waals surface area contributed by atoms with E-state index in [-0.39, 0.29) is 0 Å². The maximum absolute atomic E-state index is 9.71. The van der Waals surface area contributed by atoms with E-state index in [1.54, 1.807) is 39.4 Å². The van der Waals surface area contributed by atoms with Gasteiger partial charge in [-0.2, -0.15) is 0 Å². The van der Waals surface area contributed by atoms with Gasteiger partial charge in [0.15, 0.2) is 0 Å². The quantitative estimate of drug-likeness (QED) is 0.875. The fraction of sp³-hybridized carbons (Fsp3) is 0.353. The van der Waals surface area contributed by atoms with Crippen molar-refractivity contribution in [1.82, 2.24) is 4.98 Å². The largest absolute Gasteiger partial charge is 0.495 e. The van der Waals surface area contributed by atoms with Crippen LogP contribution in [0.15, 0.2) is 36.7 Å². The van der Waals surface area contributed by atoms with E-state index in [0.717, 1.165) is 11.1 Å². The molecule has 4 nitrogen and oxygen atoms in total. The Balaban J connectivity index is 2.19. The molecule has 1 N–H and O–H groups in total. The second kappa shape index (κ2) is 6.99. The molecule has 118 valence electrons. The van der Waals surface area contributed by atoms with E-state index in [4.69, 9.17) is 21.1 Å². The second-order valence-electron chi connectivity index (χ2n) is 5.70. The van der Waals surface area contributed by atoms with Crippen molar-refractivity contribution < 1.29 is 14.6 Å². The van der Waals surface area contributed by atoms with Gasteiger partial charge in [-0.25, -0.2) is 0 Å². The highest BCUT2D eigenvalue weighted by atomic mass is 35.5. The Labute approximate surface area is 135 Å². The highest BCUT2D eigenvalue weighted by Gasteiger charge is 2.12. The summed E-state index contributed by atoms with van der Waals surface area (Å²) in [5.74, 6) is 1.34. The molecule has 0 saturated carbocycles. The van der Waals surface area contributed by atoms with Crippen LogP contribution in [-0.2, 0) is 0 Å². The Bertz CT molecular complexity index is 638. The minimum Gasteiger partial charge on any atom is -0.495 e. The van der Waals surface area contributed by atoms with Crippen molar-refractivity contribution in [3.63, 3.8) is 0 Å². The summed E-state index contributed by atoms with van der Waals surface area (Å²) < 4.78 is 10.9. The van der Waals surface area contributed by atoms with Gasteiger partial charge in [-0.15, -0.1) is 0 Å². The standard InChI is InChI=1S/C17H20ClNO3/c1-17(2,20)4-5-22-15-7-12(6-14(18)9-15)13-8-16(21-3)11-19-10-13/h6-11,20H,4-5H2,1-3H3. The average molecular weight is 322 g/mol. The van der Waals surface area contributed by atoms with E-state index in [1.165, 1.54) is 0 Å². The molecule has 0 bridgehead atoms. The van der Waals surface area contributed by atoms with Crippen LogP contribution in [0.1, 0.15) is 20.3 Å². The van der Waals surface area contributed by atoms with E-state index >= 15 is 0 Å². The van der Waals surface area contributed by atoms with Gasteiger partial charge in [0.05, 0.1) is 25.5 Å². The Morgan fingerprint density at radius 1 is 1.09 bits per heavy atom. The normalized spacial score (nSPS) is 11.3. The zero-order valence-electron chi connectivity index (χ0n) is 13.0. The van der Waals surface area contributed by atoms with Crippen LogP contribution in [0.3, 0.4) is 0 Å². The minimum absolute atomic E-state index is 0.416. The summed E-state index contributed by atoms with van der Waals surface area (Å²) in [5, 5.41) is 10.3. The maximum Gasteiger partial charge on any atom is 0.137 e. The molecular formula is C17H20ClNO3. The first-order valence-electron chi connectivity index (χ1n) is 7.02. The number of nitrogens with zero attached hydrogens (tertiary/aromatic N) is 1. The highest BCUT2D eigenvalue weighted by Crippen LogP contribution is 2.30. The monoisotopic (exact) mass is 321 g/mol. The van der Waals surface area contributed by atoms with Crippen LogP contribution in [0.4, 0.5) is 0 Å². The molecule has 5 heteroatoms. The predicted octanol–water partition coefficient (Wildman–Crippen LogP) is 3.95. The molecule has 0 spiro atoms. The van der Waals surface area contributed by atoms with Gasteiger partial charge in [0, 0.05) is 23.2 Å². The molecule has 2 aromatic rings. The van der Waals surface area contributed by atoms with Gasteiger partial charge < -0.3 is 14.6 Å². The molecule has 0 aliphatic carbocycles. The molecule has 0 unspecified atom stereocenters. The third-order valence-corrected chi connectivity index (χ3v) is 3.35. The van der Waals surface area contributed by atoms with Gasteiger partial charge in [-0.05, 0) is 43.7 Å². The number of aliphatic hydroxyl groups is 1. The van der Waals surface area contributed by atoms with Crippen LogP contribution >= 0.6 is 11.6 Å². The van der Waals surface area contributed by atoms with Gasteiger partial charge >= 0.3 is 0 Å². The summed E-state index contributed by atoms with van der Waals surface area (Å²) >= 11 is 6.16. The van der Waals surface area contributed by atoms with Crippen molar-refractivity contribution in [1.29, 1.82) is 0 Å². The average Bonchev–Trinajstić information content (AvgIpc) is 2.45. The molecule has 0 atom stereocenters. The Morgan fingerprint density at radius 2 is 1.82 bits per heavy atom. The first-order valence-corrected chi connectivity index (χ1v) is 7.40. The zero-order chi connectivity index (χ0) is 16.2. The molecule has 1 aromatic heterocycles. The number of benzene rings is 1. The molecule has 1 heterocycles. The molecule has 0 amide bonds. The van der Waals surface area contributed by atoms with Gasteiger partial charge in [0.25, 0.3) is 0 Å². The molecule has 22 heavy (non-hydrogen) atoms. The fourth-order valence-electron chi connectivity index (χ4n) is 1.92. The Kier molecular flexibility index (Phi) is 5.27. The number of hydrogen-bond acceptors (Lipinski definition) is 4. The van der Waals surface area contributed by atoms with Crippen LogP contribution in [-0.4, -0.2) is 29.4 Å². The lowest BCUT2D eigenvalue weighted by atomic mass is 10.1. The summed E-state index contributed by atoms with van der Waals surface area (Å²) in [6.45, 7) is 3.92. The molecule has 0 aliphatic rings. The first kappa shape index (κ1) is 16.6. The number of halogens is 1. The molecule has 0 aliphatic heterocycles. The van der Waals surface area contributed by atoms with Gasteiger partial charge in [-0.3, -0.25) is 4.98 Å². The molecule has 1 aromatic carbocycles. The second-order valence-corrected chi connectivity index (χ2v) is 6.14. The number of ether oxygens (including phenoxy) is 2. The topological polar surface area (TPSA) is 51.6 Å². The molecule has 0 fully saturated rings. The van der Waals surface area contributed by atoms with Crippen LogP contribution in [0.2, 0.25) is 5.02 Å². The summed E-state index contributed by atoms with van der Waals surface area (Å²) in [6, 6.07) is 7.38. The Morgan fingerprint density at radius 3 is 2.50 bits per heavy atom. The lowest BCUT2D eigenvalue weighted by molar-refractivity contribution is 0.0553. The van der Waals surface area contributed by atoms with Crippen molar-refractivity contribution in [2.45, 2.75) is 25.9 Å². The van der Waals surface area contributed by atoms with E-state index in [1.807, 2.05) is 18.2 Å². The van der Waals surface area contributed by atoms with Gasteiger partial charge in [0.1, 0.15) is 11.5 Å². The number of methoxy groups -OCH3 is 1. The zero-order valence-corrected chi connectivity index (χ0v) is 13.7. The smallest absolute Gasteiger partial charge is 0.137 e. The van der Waals surface area contributed by atoms with E-state index in [0.29, 0.717) is 29.5 Å². The van der Waals surface area contributed by atoms with Crippen LogP contribution < -0.4 is 9.47 Å². The number of rotatable bonds is 6. The van der Waals surface area contributed by atoms with Crippen molar-refractivity contribution in [2.75, 3.05) is 13.7 Å². The van der Waals surface area contributed by atoms with E-state index < -0.39 is 5.60 Å². The van der Waals surface area contributed by atoms with Crippen LogP contribution in [0, 0.1) is 0 Å². The van der Waals surface area contributed by atoms with Gasteiger partial charge in [0.2, 0.25) is 0 Å². The lowest BCUT2D eigenvalue weighted by Gasteiger charge is -2.17. The third kappa shape index (κ3) is 4.90. The SMILES string of the molecule is COc1cncc(-c2cc(Cl)cc(OCCC(C)(C)O)c2)c1. The lowest BCUT2D eigenvalue weighted by Crippen LogP contribution is -2.21. The van der Waals surface area contributed by atoms with E-state index in [9.17, 15) is 5.11 Å². The predicted molar refractivity (Wildman–Crippen MR) is 87.6 cm³/mol. The van der Waals surface area contributed by atoms with Crippen molar-refractivity contribution in [3.8, 4) is 22.6 Å². The minimum atomic E-state index is -0.752. The molecule has 0 radical (unpaired) electrons. The first-order chi connectivity index (χ1) is 10.4.